The number of nitrogens with two attached hydrogens (primary N) is 1. The Morgan fingerprint density at radius 1 is 1.17 bits per heavy atom. The van der Waals surface area contributed by atoms with Crippen molar-refractivity contribution in [3.63, 3.8) is 0 Å². The first-order valence-electron chi connectivity index (χ1n) is 7.00. The van der Waals surface area contributed by atoms with Crippen molar-refractivity contribution in [3.8, 4) is 11.5 Å². The van der Waals surface area contributed by atoms with Gasteiger partial charge >= 0.3 is 6.18 Å². The molecule has 0 atom stereocenters. The summed E-state index contributed by atoms with van der Waals surface area (Å²) >= 11 is 0. The maximum absolute atomic E-state index is 12.8. The molecule has 0 amide bonds. The lowest BCUT2D eigenvalue weighted by Crippen LogP contribution is -2.04. The van der Waals surface area contributed by atoms with Gasteiger partial charge in [-0.2, -0.15) is 13.2 Å². The highest BCUT2D eigenvalue weighted by Gasteiger charge is 2.31. The average molecular weight is 321 g/mol. The van der Waals surface area contributed by atoms with E-state index in [9.17, 15) is 13.2 Å². The number of oxazole rings is 1. The van der Waals surface area contributed by atoms with E-state index in [1.54, 1.807) is 12.3 Å². The summed E-state index contributed by atoms with van der Waals surface area (Å²) in [5, 5.41) is 0. The van der Waals surface area contributed by atoms with Crippen LogP contribution >= 0.6 is 0 Å². The zero-order valence-electron chi connectivity index (χ0n) is 12.5. The summed E-state index contributed by atoms with van der Waals surface area (Å²) in [6, 6.07) is 4.82. The lowest BCUT2D eigenvalue weighted by Gasteiger charge is -2.10. The molecule has 2 heterocycles. The minimum absolute atomic E-state index is 0.108. The van der Waals surface area contributed by atoms with Crippen LogP contribution in [0.25, 0.3) is 22.6 Å². The highest BCUT2D eigenvalue weighted by molar-refractivity contribution is 5.80. The van der Waals surface area contributed by atoms with E-state index in [-0.39, 0.29) is 22.9 Å². The third-order valence-electron chi connectivity index (χ3n) is 3.51. The van der Waals surface area contributed by atoms with E-state index in [0.29, 0.717) is 16.9 Å². The number of aromatic nitrogens is 2. The zero-order chi connectivity index (χ0) is 16.8. The number of rotatable bonds is 2. The Kier molecular flexibility index (Phi) is 3.50. The van der Waals surface area contributed by atoms with E-state index >= 15 is 0 Å². The van der Waals surface area contributed by atoms with Crippen LogP contribution < -0.4 is 5.73 Å². The van der Waals surface area contributed by atoms with Crippen molar-refractivity contribution in [2.45, 2.75) is 25.9 Å². The Balaban J connectivity index is 2.13. The maximum Gasteiger partial charge on any atom is 0.416 e. The van der Waals surface area contributed by atoms with Gasteiger partial charge in [0.2, 0.25) is 5.89 Å². The second-order valence-corrected chi connectivity index (χ2v) is 5.51. The number of pyridine rings is 1. The third kappa shape index (κ3) is 2.74. The van der Waals surface area contributed by atoms with Crippen LogP contribution in [0.15, 0.2) is 34.9 Å². The van der Waals surface area contributed by atoms with Crippen molar-refractivity contribution < 1.29 is 17.6 Å². The molecule has 0 saturated heterocycles. The zero-order valence-corrected chi connectivity index (χ0v) is 12.5. The molecule has 3 rings (SSSR count). The molecule has 0 saturated carbocycles. The van der Waals surface area contributed by atoms with Crippen LogP contribution in [0.1, 0.15) is 31.0 Å². The molecule has 0 radical (unpaired) electrons. The molecule has 7 heteroatoms. The quantitative estimate of drug-likeness (QED) is 0.748. The Morgan fingerprint density at radius 3 is 2.57 bits per heavy atom. The first-order chi connectivity index (χ1) is 10.8. The highest BCUT2D eigenvalue weighted by Crippen LogP contribution is 2.35. The number of benzene rings is 1. The number of fused-ring (bicyclic) bond motifs is 1. The van der Waals surface area contributed by atoms with Gasteiger partial charge < -0.3 is 10.2 Å². The molecule has 2 aromatic heterocycles. The largest absolute Gasteiger partial charge is 0.436 e. The van der Waals surface area contributed by atoms with Crippen LogP contribution in [0, 0.1) is 0 Å². The fourth-order valence-electron chi connectivity index (χ4n) is 2.35. The molecule has 120 valence electrons. The average Bonchev–Trinajstić information content (AvgIpc) is 2.88. The van der Waals surface area contributed by atoms with Crippen molar-refractivity contribution in [3.05, 3.63) is 41.7 Å². The predicted molar refractivity (Wildman–Crippen MR) is 80.7 cm³/mol. The maximum atomic E-state index is 12.8. The number of nitrogens with zero attached hydrogens (tertiary/aromatic N) is 2. The molecule has 1 aromatic carbocycles. The molecule has 0 bridgehead atoms. The van der Waals surface area contributed by atoms with Gasteiger partial charge in [-0.1, -0.05) is 13.8 Å². The number of alkyl halides is 3. The lowest BCUT2D eigenvalue weighted by molar-refractivity contribution is -0.137. The molecule has 3 aromatic rings. The van der Waals surface area contributed by atoms with Crippen molar-refractivity contribution in [2.24, 2.45) is 0 Å². The van der Waals surface area contributed by atoms with Gasteiger partial charge in [-0.25, -0.2) is 4.98 Å². The second-order valence-electron chi connectivity index (χ2n) is 5.51. The van der Waals surface area contributed by atoms with Crippen molar-refractivity contribution in [2.75, 3.05) is 5.73 Å². The Labute approximate surface area is 130 Å². The second kappa shape index (κ2) is 5.26. The summed E-state index contributed by atoms with van der Waals surface area (Å²) in [5.41, 5.74) is 7.37. The van der Waals surface area contributed by atoms with E-state index < -0.39 is 11.7 Å². The molecule has 23 heavy (non-hydrogen) atoms. The first kappa shape index (κ1) is 15.3. The van der Waals surface area contributed by atoms with Gasteiger partial charge in [0.25, 0.3) is 0 Å². The Hall–Kier alpha value is -2.57. The van der Waals surface area contributed by atoms with E-state index in [2.05, 4.69) is 9.97 Å². The summed E-state index contributed by atoms with van der Waals surface area (Å²) in [7, 11) is 0. The molecular weight excluding hydrogens is 307 g/mol. The van der Waals surface area contributed by atoms with Gasteiger partial charge in [-0.3, -0.25) is 4.98 Å². The summed E-state index contributed by atoms with van der Waals surface area (Å²) in [5.74, 6) is 0.289. The molecule has 4 nitrogen and oxygen atoms in total. The van der Waals surface area contributed by atoms with Gasteiger partial charge in [-0.15, -0.1) is 0 Å². The standard InChI is InChI=1S/C16H14F3N3O/c1-8(2)14-13(20)10(5-6-21-14)15-22-11-7-9(16(17,18)19)3-4-12(11)23-15/h3-8H,20H2,1-2H3. The number of halogens is 3. The smallest absolute Gasteiger partial charge is 0.416 e. The molecule has 2 N–H and O–H groups in total. The van der Waals surface area contributed by atoms with Crippen LogP contribution in [0.4, 0.5) is 18.9 Å². The monoisotopic (exact) mass is 321 g/mol. The summed E-state index contributed by atoms with van der Waals surface area (Å²) < 4.78 is 43.8. The lowest BCUT2D eigenvalue weighted by atomic mass is 10.0. The SMILES string of the molecule is CC(C)c1nccc(-c2nc3cc(C(F)(F)F)ccc3o2)c1N. The van der Waals surface area contributed by atoms with E-state index in [4.69, 9.17) is 10.2 Å². The van der Waals surface area contributed by atoms with Gasteiger partial charge in [0.05, 0.1) is 22.5 Å². The third-order valence-corrected chi connectivity index (χ3v) is 3.51. The molecular formula is C16H14F3N3O. The summed E-state index contributed by atoms with van der Waals surface area (Å²) in [6.45, 7) is 3.90. The Morgan fingerprint density at radius 2 is 1.91 bits per heavy atom. The molecule has 0 aliphatic carbocycles. The van der Waals surface area contributed by atoms with Crippen LogP contribution in [-0.2, 0) is 6.18 Å². The van der Waals surface area contributed by atoms with Gasteiger partial charge in [0, 0.05) is 6.20 Å². The molecule has 0 spiro atoms. The van der Waals surface area contributed by atoms with Gasteiger partial charge in [0.1, 0.15) is 5.52 Å². The fraction of sp³-hybridized carbons (Fsp3) is 0.250. The van der Waals surface area contributed by atoms with Crippen molar-refractivity contribution in [1.82, 2.24) is 9.97 Å². The molecule has 0 fully saturated rings. The van der Waals surface area contributed by atoms with Crippen LogP contribution in [0.2, 0.25) is 0 Å². The van der Waals surface area contributed by atoms with Crippen LogP contribution in [0.3, 0.4) is 0 Å². The number of anilines is 1. The molecule has 0 unspecified atom stereocenters. The number of nitrogen functional groups attached to an aromatic ring is 1. The molecule has 0 aliphatic rings. The van der Waals surface area contributed by atoms with E-state index in [1.807, 2.05) is 13.8 Å². The minimum Gasteiger partial charge on any atom is -0.436 e. The highest BCUT2D eigenvalue weighted by atomic mass is 19.4. The van der Waals surface area contributed by atoms with E-state index in [1.165, 1.54) is 6.07 Å². The molecule has 0 aliphatic heterocycles. The summed E-state index contributed by atoms with van der Waals surface area (Å²) in [4.78, 5) is 8.37. The topological polar surface area (TPSA) is 64.9 Å². The summed E-state index contributed by atoms with van der Waals surface area (Å²) in [6.07, 6.45) is -2.84. The first-order valence-corrected chi connectivity index (χ1v) is 7.00. The number of hydrogen-bond acceptors (Lipinski definition) is 4. The van der Waals surface area contributed by atoms with E-state index in [0.717, 1.165) is 12.1 Å². The van der Waals surface area contributed by atoms with Crippen molar-refractivity contribution >= 4 is 16.8 Å². The van der Waals surface area contributed by atoms with Crippen LogP contribution in [0.5, 0.6) is 0 Å². The minimum atomic E-state index is -4.42. The van der Waals surface area contributed by atoms with Gasteiger partial charge in [-0.05, 0) is 30.2 Å². The number of hydrogen-bond donors (Lipinski definition) is 1. The Bertz CT molecular complexity index is 869. The normalized spacial score (nSPS) is 12.3. The van der Waals surface area contributed by atoms with Gasteiger partial charge in [0.15, 0.2) is 5.58 Å². The van der Waals surface area contributed by atoms with Crippen molar-refractivity contribution in [1.29, 1.82) is 0 Å². The fourth-order valence-corrected chi connectivity index (χ4v) is 2.35. The van der Waals surface area contributed by atoms with Crippen LogP contribution in [-0.4, -0.2) is 9.97 Å². The predicted octanol–water partition coefficient (Wildman–Crippen LogP) is 4.61.